The molecule has 2 aromatic rings. The summed E-state index contributed by atoms with van der Waals surface area (Å²) in [4.78, 5) is 0. The molecule has 2 N–H and O–H groups in total. The van der Waals surface area contributed by atoms with Gasteiger partial charge in [0, 0.05) is 12.6 Å². The molecule has 4 nitrogen and oxygen atoms in total. The molecule has 3 aliphatic heterocycles. The molecular formula is C33H39NO3. The van der Waals surface area contributed by atoms with Gasteiger partial charge in [0.2, 0.25) is 0 Å². The molecule has 3 aliphatic carbocycles. The highest BCUT2D eigenvalue weighted by molar-refractivity contribution is 5.83. The number of nitrogens with one attached hydrogen (secondary N) is 1. The highest BCUT2D eigenvalue weighted by atomic mass is 16.5. The van der Waals surface area contributed by atoms with Crippen LogP contribution in [0.3, 0.4) is 0 Å². The van der Waals surface area contributed by atoms with Crippen molar-refractivity contribution in [3.8, 4) is 0 Å². The van der Waals surface area contributed by atoms with E-state index in [-0.39, 0.29) is 16.6 Å². The number of rotatable bonds is 4. The van der Waals surface area contributed by atoms with Crippen LogP contribution >= 0.6 is 0 Å². The van der Waals surface area contributed by atoms with Gasteiger partial charge in [-0.1, -0.05) is 61.5 Å². The normalized spacial score (nSPS) is 41.3. The fourth-order valence-electron chi connectivity index (χ4n) is 9.33. The number of aliphatic hydroxyl groups is 1. The van der Waals surface area contributed by atoms with Crippen LogP contribution < -0.4 is 5.32 Å². The average Bonchev–Trinajstić information content (AvgIpc) is 3.41. The number of benzene rings is 2. The Morgan fingerprint density at radius 3 is 2.73 bits per heavy atom. The van der Waals surface area contributed by atoms with Crippen molar-refractivity contribution < 1.29 is 14.6 Å². The first-order valence-corrected chi connectivity index (χ1v) is 14.6. The van der Waals surface area contributed by atoms with Crippen LogP contribution in [0.4, 0.5) is 0 Å². The largest absolute Gasteiger partial charge is 0.384 e. The SMILES string of the molecule is C[C@]12CC=C3C=C4CC[C@@H](NCC5(O)COC5)CC45CC[C@]3(O5)[C@@H]1CC[C@@H]2c1ccc2ccccc2c1. The van der Waals surface area contributed by atoms with E-state index in [1.54, 1.807) is 0 Å². The zero-order valence-corrected chi connectivity index (χ0v) is 22.0. The third-order valence-electron chi connectivity index (χ3n) is 11.3. The maximum absolute atomic E-state index is 10.5. The van der Waals surface area contributed by atoms with Crippen LogP contribution in [0.5, 0.6) is 0 Å². The number of ether oxygens (including phenoxy) is 2. The first-order valence-electron chi connectivity index (χ1n) is 14.6. The molecule has 2 spiro atoms. The number of hydrogen-bond donors (Lipinski definition) is 2. The molecule has 0 aromatic heterocycles. The first-order chi connectivity index (χ1) is 17.9. The standard InChI is InChI=1S/C33H39NO3/c1-30-13-12-26-17-25-8-9-27(34-19-31(35)20-36-21-31)18-32(25)14-15-33(26,37-32)29(30)11-10-28(30)24-7-6-22-4-2-3-5-23(22)16-24/h2-7,12,16-17,27-29,34-35H,8-11,13-15,18-21H2,1H3/t27-,28-,29-,30-,32?,33-/m1/s1. The maximum Gasteiger partial charge on any atom is 0.123 e. The van der Waals surface area contributed by atoms with E-state index in [2.05, 4.69) is 66.9 Å². The minimum atomic E-state index is -0.680. The molecule has 6 aliphatic rings. The number of hydrogen-bond acceptors (Lipinski definition) is 4. The lowest BCUT2D eigenvalue weighted by Gasteiger charge is -2.54. The summed E-state index contributed by atoms with van der Waals surface area (Å²) in [5.41, 5.74) is 3.84. The Labute approximate surface area is 220 Å². The summed E-state index contributed by atoms with van der Waals surface area (Å²) in [6, 6.07) is 16.3. The van der Waals surface area contributed by atoms with Crippen molar-refractivity contribution >= 4 is 10.8 Å². The van der Waals surface area contributed by atoms with Crippen LogP contribution in [0, 0.1) is 11.3 Å². The van der Waals surface area contributed by atoms with Gasteiger partial charge in [-0.3, -0.25) is 0 Å². The van der Waals surface area contributed by atoms with E-state index in [1.165, 1.54) is 40.3 Å². The van der Waals surface area contributed by atoms with E-state index in [9.17, 15) is 5.11 Å². The zero-order valence-electron chi connectivity index (χ0n) is 22.0. The molecule has 6 atom stereocenters. The van der Waals surface area contributed by atoms with Gasteiger partial charge in [-0.2, -0.15) is 0 Å². The minimum Gasteiger partial charge on any atom is -0.384 e. The van der Waals surface area contributed by atoms with Crippen LogP contribution in [-0.2, 0) is 9.47 Å². The van der Waals surface area contributed by atoms with Gasteiger partial charge in [0.1, 0.15) is 5.60 Å². The Morgan fingerprint density at radius 1 is 1.03 bits per heavy atom. The molecule has 4 heteroatoms. The minimum absolute atomic E-state index is 0.120. The Kier molecular flexibility index (Phi) is 4.83. The molecule has 1 unspecified atom stereocenters. The lowest BCUT2D eigenvalue weighted by Crippen LogP contribution is -2.59. The van der Waals surface area contributed by atoms with Crippen molar-refractivity contribution in [2.24, 2.45) is 11.3 Å². The number of allylic oxidation sites excluding steroid dienone is 1. The van der Waals surface area contributed by atoms with E-state index in [4.69, 9.17) is 9.47 Å². The van der Waals surface area contributed by atoms with Gasteiger partial charge in [0.05, 0.1) is 24.4 Å². The van der Waals surface area contributed by atoms with E-state index in [0.29, 0.717) is 37.6 Å². The second kappa shape index (κ2) is 7.79. The third kappa shape index (κ3) is 3.22. The van der Waals surface area contributed by atoms with Gasteiger partial charge in [-0.15, -0.1) is 0 Å². The van der Waals surface area contributed by atoms with Gasteiger partial charge < -0.3 is 19.9 Å². The summed E-state index contributed by atoms with van der Waals surface area (Å²) in [7, 11) is 0. The van der Waals surface area contributed by atoms with Gasteiger partial charge in [-0.05, 0) is 96.1 Å². The van der Waals surface area contributed by atoms with Crippen LogP contribution in [0.1, 0.15) is 69.8 Å². The zero-order chi connectivity index (χ0) is 24.9. The quantitative estimate of drug-likeness (QED) is 0.561. The lowest BCUT2D eigenvalue weighted by molar-refractivity contribution is -0.177. The summed E-state index contributed by atoms with van der Waals surface area (Å²) in [6.45, 7) is 4.09. The number of fused-ring (bicyclic) bond motifs is 2. The van der Waals surface area contributed by atoms with Crippen LogP contribution in [0.15, 0.2) is 65.8 Å². The third-order valence-corrected chi connectivity index (χ3v) is 11.3. The van der Waals surface area contributed by atoms with Crippen molar-refractivity contribution in [2.45, 2.75) is 87.1 Å². The Balaban J connectivity index is 1.09. The highest BCUT2D eigenvalue weighted by Gasteiger charge is 2.66. The second-order valence-corrected chi connectivity index (χ2v) is 13.4. The van der Waals surface area contributed by atoms with Gasteiger partial charge in [0.25, 0.3) is 0 Å². The summed E-state index contributed by atoms with van der Waals surface area (Å²) in [5.74, 6) is 1.14. The molecule has 2 bridgehead atoms. The molecule has 3 heterocycles. The molecule has 0 radical (unpaired) electrons. The van der Waals surface area contributed by atoms with Crippen LogP contribution in [0.2, 0.25) is 0 Å². The Hall–Kier alpha value is -1.98. The molecule has 4 fully saturated rings. The Morgan fingerprint density at radius 2 is 1.89 bits per heavy atom. The maximum atomic E-state index is 10.5. The molecule has 0 amide bonds. The van der Waals surface area contributed by atoms with Crippen molar-refractivity contribution in [3.63, 3.8) is 0 Å². The van der Waals surface area contributed by atoms with E-state index in [0.717, 1.165) is 38.5 Å². The van der Waals surface area contributed by atoms with E-state index >= 15 is 0 Å². The topological polar surface area (TPSA) is 50.7 Å². The average molecular weight is 498 g/mol. The molecule has 2 aromatic carbocycles. The molecule has 194 valence electrons. The molecule has 2 saturated carbocycles. The summed E-state index contributed by atoms with van der Waals surface area (Å²) < 4.78 is 12.7. The summed E-state index contributed by atoms with van der Waals surface area (Å²) in [5, 5.41) is 16.9. The van der Waals surface area contributed by atoms with Gasteiger partial charge in [0.15, 0.2) is 0 Å². The predicted octanol–water partition coefficient (Wildman–Crippen LogP) is 5.80. The smallest absolute Gasteiger partial charge is 0.123 e. The summed E-state index contributed by atoms with van der Waals surface area (Å²) in [6.07, 6.45) is 14.3. The van der Waals surface area contributed by atoms with Crippen molar-refractivity contribution in [2.75, 3.05) is 19.8 Å². The Bertz CT molecular complexity index is 1330. The van der Waals surface area contributed by atoms with Crippen molar-refractivity contribution in [3.05, 3.63) is 71.3 Å². The second-order valence-electron chi connectivity index (χ2n) is 13.4. The fraction of sp³-hybridized carbons (Fsp3) is 0.576. The van der Waals surface area contributed by atoms with Crippen LogP contribution in [0.25, 0.3) is 10.8 Å². The van der Waals surface area contributed by atoms with Gasteiger partial charge in [-0.25, -0.2) is 0 Å². The molecule has 8 rings (SSSR count). The predicted molar refractivity (Wildman–Crippen MR) is 145 cm³/mol. The van der Waals surface area contributed by atoms with Crippen molar-refractivity contribution in [1.82, 2.24) is 5.32 Å². The highest BCUT2D eigenvalue weighted by Crippen LogP contribution is 2.69. The van der Waals surface area contributed by atoms with E-state index in [1.807, 2.05) is 0 Å². The van der Waals surface area contributed by atoms with Gasteiger partial charge >= 0.3 is 0 Å². The summed E-state index contributed by atoms with van der Waals surface area (Å²) >= 11 is 0. The van der Waals surface area contributed by atoms with E-state index < -0.39 is 5.60 Å². The first kappa shape index (κ1) is 23.0. The molecule has 2 saturated heterocycles. The molecule has 37 heavy (non-hydrogen) atoms. The van der Waals surface area contributed by atoms with Crippen LogP contribution in [-0.4, -0.2) is 47.7 Å². The fourth-order valence-corrected chi connectivity index (χ4v) is 9.33. The monoisotopic (exact) mass is 497 g/mol. The molecular weight excluding hydrogens is 458 g/mol. The lowest BCUT2D eigenvalue weighted by atomic mass is 9.58. The van der Waals surface area contributed by atoms with Crippen molar-refractivity contribution in [1.29, 1.82) is 0 Å².